The first-order valence-electron chi connectivity index (χ1n) is 5.02. The van der Waals surface area contributed by atoms with Gasteiger partial charge in [0.15, 0.2) is 0 Å². The molecule has 0 radical (unpaired) electrons. The normalized spacial score (nSPS) is 10.9. The number of aromatic nitrogens is 4. The third kappa shape index (κ3) is 1.50. The van der Waals surface area contributed by atoms with Gasteiger partial charge in [0, 0.05) is 24.7 Å². The fourth-order valence-corrected chi connectivity index (χ4v) is 1.61. The summed E-state index contributed by atoms with van der Waals surface area (Å²) < 4.78 is 5.28. The fourth-order valence-electron chi connectivity index (χ4n) is 1.61. The Labute approximate surface area is 95.7 Å². The van der Waals surface area contributed by atoms with E-state index in [1.165, 1.54) is 6.92 Å². The molecule has 6 nitrogen and oxygen atoms in total. The van der Waals surface area contributed by atoms with Crippen LogP contribution in [0.1, 0.15) is 17.6 Å². The molecule has 0 aliphatic carbocycles. The summed E-state index contributed by atoms with van der Waals surface area (Å²) in [6, 6.07) is 3.72. The molecule has 3 aromatic rings. The fraction of sp³-hybridized carbons (Fsp3) is 0.0909. The van der Waals surface area contributed by atoms with Crippen LogP contribution in [-0.2, 0) is 0 Å². The average Bonchev–Trinajstić information content (AvgIpc) is 2.95. The first kappa shape index (κ1) is 9.71. The molecule has 0 bridgehead atoms. The Kier molecular flexibility index (Phi) is 2.01. The minimum absolute atomic E-state index is 0.0123. The molecule has 3 heterocycles. The molecule has 17 heavy (non-hydrogen) atoms. The molecule has 0 atom stereocenters. The van der Waals surface area contributed by atoms with Gasteiger partial charge in [-0.3, -0.25) is 4.79 Å². The molecule has 3 rings (SSSR count). The summed E-state index contributed by atoms with van der Waals surface area (Å²) in [7, 11) is 0. The third-order valence-electron chi connectivity index (χ3n) is 2.41. The van der Waals surface area contributed by atoms with Crippen molar-refractivity contribution >= 4 is 16.8 Å². The highest BCUT2D eigenvalue weighted by atomic mass is 16.4. The quantitative estimate of drug-likeness (QED) is 0.676. The summed E-state index contributed by atoms with van der Waals surface area (Å²) in [6.45, 7) is 1.38. The lowest BCUT2D eigenvalue weighted by atomic mass is 10.2. The Balaban J connectivity index is 2.17. The summed E-state index contributed by atoms with van der Waals surface area (Å²) in [5.74, 6) is 0.0782. The molecular weight excluding hydrogens is 220 g/mol. The van der Waals surface area contributed by atoms with Gasteiger partial charge in [0.05, 0.1) is 5.56 Å². The summed E-state index contributed by atoms with van der Waals surface area (Å²) in [5, 5.41) is 8.40. The van der Waals surface area contributed by atoms with Gasteiger partial charge in [-0.05, 0) is 12.1 Å². The average molecular weight is 228 g/mol. The lowest BCUT2D eigenvalue weighted by Crippen LogP contribution is -1.90. The smallest absolute Gasteiger partial charge is 0.283 e. The molecule has 3 aromatic heterocycles. The van der Waals surface area contributed by atoms with Crippen LogP contribution >= 0.6 is 0 Å². The first-order valence-corrected chi connectivity index (χ1v) is 5.02. The summed E-state index contributed by atoms with van der Waals surface area (Å²) in [6.07, 6.45) is 3.42. The molecular formula is C11H8N4O2. The van der Waals surface area contributed by atoms with Gasteiger partial charge in [-0.15, -0.1) is 10.2 Å². The zero-order valence-corrected chi connectivity index (χ0v) is 8.97. The predicted octanol–water partition coefficient (Wildman–Crippen LogP) is 1.82. The second-order valence-corrected chi connectivity index (χ2v) is 3.57. The zero-order valence-electron chi connectivity index (χ0n) is 8.97. The van der Waals surface area contributed by atoms with Gasteiger partial charge in [-0.25, -0.2) is 4.98 Å². The number of nitrogens with one attached hydrogen (secondary N) is 1. The Morgan fingerprint density at radius 1 is 1.41 bits per heavy atom. The van der Waals surface area contributed by atoms with E-state index in [2.05, 4.69) is 20.2 Å². The molecule has 0 fully saturated rings. The number of ketones is 1. The number of carbonyl (C=O) groups excluding carboxylic acids is 1. The molecule has 0 aliphatic rings. The SMILES string of the molecule is CC(=O)c1nnc(-c2c[nH]c3ncccc23)o1. The number of Topliss-reactive ketones (excluding diaryl/α,β-unsaturated/α-hetero) is 1. The lowest BCUT2D eigenvalue weighted by molar-refractivity contribution is 0.0981. The number of fused-ring (bicyclic) bond motifs is 1. The van der Waals surface area contributed by atoms with E-state index in [-0.39, 0.29) is 11.7 Å². The summed E-state index contributed by atoms with van der Waals surface area (Å²) in [4.78, 5) is 18.2. The van der Waals surface area contributed by atoms with E-state index < -0.39 is 0 Å². The maximum Gasteiger partial charge on any atom is 0.283 e. The zero-order chi connectivity index (χ0) is 11.8. The van der Waals surface area contributed by atoms with Crippen LogP contribution in [-0.4, -0.2) is 25.9 Å². The maximum atomic E-state index is 11.1. The second kappa shape index (κ2) is 3.51. The summed E-state index contributed by atoms with van der Waals surface area (Å²) >= 11 is 0. The number of hydrogen-bond donors (Lipinski definition) is 1. The van der Waals surface area contributed by atoms with Crippen molar-refractivity contribution < 1.29 is 9.21 Å². The predicted molar refractivity (Wildman–Crippen MR) is 59.4 cm³/mol. The van der Waals surface area contributed by atoms with E-state index in [9.17, 15) is 4.79 Å². The molecule has 0 saturated heterocycles. The number of rotatable bonds is 2. The molecule has 0 spiro atoms. The number of H-pyrrole nitrogens is 1. The molecule has 1 N–H and O–H groups in total. The Hall–Kier alpha value is -2.50. The van der Waals surface area contributed by atoms with Crippen LogP contribution in [0.3, 0.4) is 0 Å². The minimum atomic E-state index is -0.248. The van der Waals surface area contributed by atoms with Crippen LogP contribution in [0, 0.1) is 0 Å². The largest absolute Gasteiger partial charge is 0.413 e. The molecule has 0 saturated carbocycles. The number of aromatic amines is 1. The van der Waals surface area contributed by atoms with Gasteiger partial charge < -0.3 is 9.40 Å². The van der Waals surface area contributed by atoms with Crippen molar-refractivity contribution in [2.24, 2.45) is 0 Å². The van der Waals surface area contributed by atoms with Crippen molar-refractivity contribution in [2.75, 3.05) is 0 Å². The number of pyridine rings is 1. The minimum Gasteiger partial charge on any atom is -0.413 e. The van der Waals surface area contributed by atoms with E-state index in [0.717, 1.165) is 16.6 Å². The van der Waals surface area contributed by atoms with Gasteiger partial charge in [0.1, 0.15) is 5.65 Å². The number of nitrogens with zero attached hydrogens (tertiary/aromatic N) is 3. The molecule has 0 aliphatic heterocycles. The van der Waals surface area contributed by atoms with Crippen molar-refractivity contribution in [1.82, 2.24) is 20.2 Å². The Morgan fingerprint density at radius 2 is 2.29 bits per heavy atom. The molecule has 0 unspecified atom stereocenters. The van der Waals surface area contributed by atoms with Crippen molar-refractivity contribution in [3.63, 3.8) is 0 Å². The van der Waals surface area contributed by atoms with E-state index in [1.54, 1.807) is 12.4 Å². The van der Waals surface area contributed by atoms with E-state index in [0.29, 0.717) is 5.89 Å². The molecule has 0 aromatic carbocycles. The molecule has 6 heteroatoms. The Morgan fingerprint density at radius 3 is 3.06 bits per heavy atom. The van der Waals surface area contributed by atoms with Gasteiger partial charge in [-0.2, -0.15) is 0 Å². The number of carbonyl (C=O) groups is 1. The van der Waals surface area contributed by atoms with Gasteiger partial charge >= 0.3 is 0 Å². The highest BCUT2D eigenvalue weighted by Gasteiger charge is 2.15. The van der Waals surface area contributed by atoms with Crippen LogP contribution in [0.15, 0.2) is 28.9 Å². The van der Waals surface area contributed by atoms with E-state index in [4.69, 9.17) is 4.42 Å². The maximum absolute atomic E-state index is 11.1. The van der Waals surface area contributed by atoms with Gasteiger partial charge in [0.25, 0.3) is 11.8 Å². The van der Waals surface area contributed by atoms with Crippen LogP contribution in [0.25, 0.3) is 22.5 Å². The standard InChI is InChI=1S/C11H8N4O2/c1-6(16)10-14-15-11(17-10)8-5-13-9-7(8)3-2-4-12-9/h2-5H,1H3,(H,12,13). The van der Waals surface area contributed by atoms with Gasteiger partial charge in [0.2, 0.25) is 5.78 Å². The van der Waals surface area contributed by atoms with Crippen LogP contribution in [0.2, 0.25) is 0 Å². The van der Waals surface area contributed by atoms with Gasteiger partial charge in [-0.1, -0.05) is 0 Å². The highest BCUT2D eigenvalue weighted by Crippen LogP contribution is 2.26. The van der Waals surface area contributed by atoms with Crippen molar-refractivity contribution in [2.45, 2.75) is 6.92 Å². The molecule has 0 amide bonds. The lowest BCUT2D eigenvalue weighted by Gasteiger charge is -1.90. The van der Waals surface area contributed by atoms with Crippen molar-refractivity contribution in [1.29, 1.82) is 0 Å². The Bertz CT molecular complexity index is 698. The molecule has 84 valence electrons. The number of hydrogen-bond acceptors (Lipinski definition) is 5. The highest BCUT2D eigenvalue weighted by molar-refractivity contribution is 5.92. The van der Waals surface area contributed by atoms with Crippen LogP contribution in [0.4, 0.5) is 0 Å². The van der Waals surface area contributed by atoms with Crippen molar-refractivity contribution in [3.05, 3.63) is 30.4 Å². The van der Waals surface area contributed by atoms with E-state index in [1.807, 2.05) is 12.1 Å². The van der Waals surface area contributed by atoms with E-state index >= 15 is 0 Å². The summed E-state index contributed by atoms with van der Waals surface area (Å²) in [5.41, 5.74) is 1.48. The van der Waals surface area contributed by atoms with Crippen molar-refractivity contribution in [3.8, 4) is 11.5 Å². The third-order valence-corrected chi connectivity index (χ3v) is 2.41. The second-order valence-electron chi connectivity index (χ2n) is 3.57. The topological polar surface area (TPSA) is 84.7 Å². The van der Waals surface area contributed by atoms with Crippen LogP contribution < -0.4 is 0 Å². The van der Waals surface area contributed by atoms with Crippen LogP contribution in [0.5, 0.6) is 0 Å². The first-order chi connectivity index (χ1) is 8.25. The monoisotopic (exact) mass is 228 g/mol.